The molecule has 0 aliphatic rings. The highest BCUT2D eigenvalue weighted by molar-refractivity contribution is 6.44. The molecule has 86 valence electrons. The highest BCUT2D eigenvalue weighted by Gasteiger charge is 2.21. The Morgan fingerprint density at radius 1 is 1.31 bits per heavy atom. The zero-order valence-corrected chi connectivity index (χ0v) is 10.4. The molecule has 1 rings (SSSR count). The minimum Gasteiger partial charge on any atom is -0.496 e. The molecule has 0 atom stereocenters. The maximum atomic E-state index is 11.7. The molecule has 4 heteroatoms. The Kier molecular flexibility index (Phi) is 3.70. The van der Waals surface area contributed by atoms with Crippen LogP contribution < -0.4 is 4.74 Å². The molecule has 0 radical (unpaired) electrons. The van der Waals surface area contributed by atoms with E-state index in [2.05, 4.69) is 0 Å². The lowest BCUT2D eigenvalue weighted by molar-refractivity contribution is -0.113. The second kappa shape index (κ2) is 4.66. The SMILES string of the molecule is COc1cc(C)c(Cl)c(C)c1C(=O)C(C)=O. The van der Waals surface area contributed by atoms with Crippen molar-refractivity contribution in [3.63, 3.8) is 0 Å². The fourth-order valence-electron chi connectivity index (χ4n) is 1.54. The van der Waals surface area contributed by atoms with E-state index in [9.17, 15) is 9.59 Å². The van der Waals surface area contributed by atoms with Crippen molar-refractivity contribution in [3.05, 3.63) is 27.8 Å². The summed E-state index contributed by atoms with van der Waals surface area (Å²) < 4.78 is 5.10. The first-order chi connectivity index (χ1) is 7.40. The Balaban J connectivity index is 3.53. The van der Waals surface area contributed by atoms with Gasteiger partial charge in [0.1, 0.15) is 5.75 Å². The molecule has 0 fully saturated rings. The molecule has 0 unspecified atom stereocenters. The number of halogens is 1. The van der Waals surface area contributed by atoms with Gasteiger partial charge in [-0.25, -0.2) is 0 Å². The summed E-state index contributed by atoms with van der Waals surface area (Å²) in [5, 5.41) is 0.491. The summed E-state index contributed by atoms with van der Waals surface area (Å²) in [6, 6.07) is 1.66. The van der Waals surface area contributed by atoms with Gasteiger partial charge >= 0.3 is 0 Å². The van der Waals surface area contributed by atoms with Crippen LogP contribution in [0, 0.1) is 13.8 Å². The van der Waals surface area contributed by atoms with E-state index in [-0.39, 0.29) is 5.56 Å². The Bertz CT molecular complexity index is 464. The third-order valence-electron chi connectivity index (χ3n) is 2.41. The van der Waals surface area contributed by atoms with E-state index >= 15 is 0 Å². The Morgan fingerprint density at radius 2 is 1.88 bits per heavy atom. The number of ether oxygens (including phenoxy) is 1. The smallest absolute Gasteiger partial charge is 0.232 e. The third kappa shape index (κ3) is 2.09. The molecule has 0 bridgehead atoms. The fourth-order valence-corrected chi connectivity index (χ4v) is 1.69. The number of hydrogen-bond acceptors (Lipinski definition) is 3. The van der Waals surface area contributed by atoms with Crippen LogP contribution in [0.5, 0.6) is 5.75 Å². The molecule has 0 aromatic heterocycles. The molecule has 0 spiro atoms. The second-order valence-corrected chi connectivity index (χ2v) is 3.97. The van der Waals surface area contributed by atoms with E-state index in [1.165, 1.54) is 14.0 Å². The van der Waals surface area contributed by atoms with Gasteiger partial charge in [-0.1, -0.05) is 11.6 Å². The molecule has 3 nitrogen and oxygen atoms in total. The maximum absolute atomic E-state index is 11.7. The number of carbonyl (C=O) groups excluding carboxylic acids is 2. The Morgan fingerprint density at radius 3 is 2.31 bits per heavy atom. The standard InChI is InChI=1S/C12H13ClO3/c1-6-5-9(16-4)10(7(2)11(6)13)12(15)8(3)14/h5H,1-4H3. The molecule has 1 aromatic carbocycles. The number of benzene rings is 1. The Labute approximate surface area is 99.4 Å². The van der Waals surface area contributed by atoms with Crippen LogP contribution in [0.25, 0.3) is 0 Å². The van der Waals surface area contributed by atoms with E-state index < -0.39 is 11.6 Å². The summed E-state index contributed by atoms with van der Waals surface area (Å²) in [6.07, 6.45) is 0. The quantitative estimate of drug-likeness (QED) is 0.603. The van der Waals surface area contributed by atoms with Gasteiger partial charge in [0.15, 0.2) is 5.78 Å². The van der Waals surface area contributed by atoms with Crippen LogP contribution in [0.15, 0.2) is 6.07 Å². The van der Waals surface area contributed by atoms with Gasteiger partial charge in [0.05, 0.1) is 12.7 Å². The van der Waals surface area contributed by atoms with Crippen LogP contribution in [0.3, 0.4) is 0 Å². The van der Waals surface area contributed by atoms with Crippen molar-refractivity contribution in [1.82, 2.24) is 0 Å². The predicted molar refractivity (Wildman–Crippen MR) is 62.5 cm³/mol. The van der Waals surface area contributed by atoms with Gasteiger partial charge in [-0.3, -0.25) is 9.59 Å². The molecule has 0 saturated heterocycles. The van der Waals surface area contributed by atoms with Crippen LogP contribution in [0.1, 0.15) is 28.4 Å². The van der Waals surface area contributed by atoms with E-state index in [4.69, 9.17) is 16.3 Å². The summed E-state index contributed by atoms with van der Waals surface area (Å²) in [6.45, 7) is 4.75. The van der Waals surface area contributed by atoms with Gasteiger partial charge in [0, 0.05) is 11.9 Å². The minimum absolute atomic E-state index is 0.255. The monoisotopic (exact) mass is 240 g/mol. The van der Waals surface area contributed by atoms with Gasteiger partial charge in [0.25, 0.3) is 0 Å². The molecule has 1 aromatic rings. The highest BCUT2D eigenvalue weighted by Crippen LogP contribution is 2.31. The van der Waals surface area contributed by atoms with Crippen molar-refractivity contribution in [3.8, 4) is 5.75 Å². The summed E-state index contributed by atoms with van der Waals surface area (Å²) in [7, 11) is 1.46. The van der Waals surface area contributed by atoms with Gasteiger partial charge in [-0.2, -0.15) is 0 Å². The average molecular weight is 241 g/mol. The topological polar surface area (TPSA) is 43.4 Å². The first kappa shape index (κ1) is 12.7. The second-order valence-electron chi connectivity index (χ2n) is 3.60. The van der Waals surface area contributed by atoms with Crippen LogP contribution in [0.2, 0.25) is 5.02 Å². The van der Waals surface area contributed by atoms with E-state index in [0.717, 1.165) is 5.56 Å². The van der Waals surface area contributed by atoms with Crippen molar-refractivity contribution in [2.75, 3.05) is 7.11 Å². The number of aryl methyl sites for hydroxylation is 1. The molecule has 0 amide bonds. The molecule has 0 aliphatic carbocycles. The molecule has 0 N–H and O–H groups in total. The van der Waals surface area contributed by atoms with Gasteiger partial charge in [-0.05, 0) is 31.0 Å². The van der Waals surface area contributed by atoms with Crippen LogP contribution in [0.4, 0.5) is 0 Å². The summed E-state index contributed by atoms with van der Waals surface area (Å²) in [4.78, 5) is 22.8. The molecule has 0 saturated carbocycles. The van der Waals surface area contributed by atoms with Gasteiger partial charge in [-0.15, -0.1) is 0 Å². The number of methoxy groups -OCH3 is 1. The summed E-state index contributed by atoms with van der Waals surface area (Å²) in [5.41, 5.74) is 1.65. The van der Waals surface area contributed by atoms with Crippen molar-refractivity contribution < 1.29 is 14.3 Å². The van der Waals surface area contributed by atoms with Crippen molar-refractivity contribution in [1.29, 1.82) is 0 Å². The lowest BCUT2D eigenvalue weighted by atomic mass is 9.99. The van der Waals surface area contributed by atoms with E-state index in [1.54, 1.807) is 13.0 Å². The largest absolute Gasteiger partial charge is 0.496 e. The number of ketones is 2. The average Bonchev–Trinajstić information content (AvgIpc) is 2.24. The van der Waals surface area contributed by atoms with E-state index in [0.29, 0.717) is 16.3 Å². The van der Waals surface area contributed by atoms with E-state index in [1.807, 2.05) is 6.92 Å². The van der Waals surface area contributed by atoms with Crippen LogP contribution in [-0.2, 0) is 4.79 Å². The lowest BCUT2D eigenvalue weighted by Crippen LogP contribution is -2.13. The normalized spacial score (nSPS) is 10.1. The summed E-state index contributed by atoms with van der Waals surface area (Å²) in [5.74, 6) is -0.711. The minimum atomic E-state index is -0.573. The molecule has 0 aliphatic heterocycles. The fraction of sp³-hybridized carbons (Fsp3) is 0.333. The first-order valence-corrected chi connectivity index (χ1v) is 5.16. The number of Topliss-reactive ketones (excluding diaryl/α,β-unsaturated/α-hetero) is 2. The van der Waals surface area contributed by atoms with Crippen LogP contribution in [-0.4, -0.2) is 18.7 Å². The molecule has 0 heterocycles. The van der Waals surface area contributed by atoms with Crippen LogP contribution >= 0.6 is 11.6 Å². The molecule has 16 heavy (non-hydrogen) atoms. The van der Waals surface area contributed by atoms with Gasteiger partial charge in [0.2, 0.25) is 5.78 Å². The predicted octanol–water partition coefficient (Wildman–Crippen LogP) is 2.74. The molecular weight excluding hydrogens is 228 g/mol. The summed E-state index contributed by atoms with van der Waals surface area (Å²) >= 11 is 6.04. The van der Waals surface area contributed by atoms with Crippen molar-refractivity contribution in [2.45, 2.75) is 20.8 Å². The zero-order valence-electron chi connectivity index (χ0n) is 9.68. The zero-order chi connectivity index (χ0) is 12.5. The first-order valence-electron chi connectivity index (χ1n) is 4.79. The van der Waals surface area contributed by atoms with Crippen molar-refractivity contribution >= 4 is 23.2 Å². The number of rotatable bonds is 3. The highest BCUT2D eigenvalue weighted by atomic mass is 35.5. The van der Waals surface area contributed by atoms with Crippen molar-refractivity contribution in [2.24, 2.45) is 0 Å². The maximum Gasteiger partial charge on any atom is 0.232 e. The number of carbonyl (C=O) groups is 2. The lowest BCUT2D eigenvalue weighted by Gasteiger charge is -2.12. The van der Waals surface area contributed by atoms with Gasteiger partial charge < -0.3 is 4.74 Å². The Hall–Kier alpha value is -1.35. The molecular formula is C12H13ClO3. The number of hydrogen-bond donors (Lipinski definition) is 0. The third-order valence-corrected chi connectivity index (χ3v) is 2.99.